The van der Waals surface area contributed by atoms with Crippen LogP contribution in [0.25, 0.3) is 11.3 Å². The highest BCUT2D eigenvalue weighted by molar-refractivity contribution is 7.07. The van der Waals surface area contributed by atoms with E-state index in [-0.39, 0.29) is 24.4 Å². The van der Waals surface area contributed by atoms with Crippen LogP contribution in [-0.2, 0) is 14.3 Å². The Morgan fingerprint density at radius 3 is 2.72 bits per heavy atom. The van der Waals surface area contributed by atoms with Crippen LogP contribution >= 0.6 is 11.3 Å². The lowest BCUT2D eigenvalue weighted by atomic mass is 10.2. The Kier molecular flexibility index (Phi) is 9.02. The topological polar surface area (TPSA) is 86.9 Å². The molecule has 0 aliphatic carbocycles. The van der Waals surface area contributed by atoms with Crippen LogP contribution in [0.2, 0.25) is 0 Å². The Morgan fingerprint density at radius 1 is 1.15 bits per heavy atom. The zero-order valence-corrected chi connectivity index (χ0v) is 22.6. The molecule has 1 aromatic heterocycles. The number of aromatic nitrogens is 1. The summed E-state index contributed by atoms with van der Waals surface area (Å²) in [6.07, 6.45) is 3.86. The molecule has 2 aromatic carbocycles. The van der Waals surface area contributed by atoms with Crippen LogP contribution in [0.15, 0.2) is 57.9 Å². The third-order valence-electron chi connectivity index (χ3n) is 6.50. The minimum atomic E-state index is -0.298. The van der Waals surface area contributed by atoms with Crippen molar-refractivity contribution < 1.29 is 28.1 Å². The first kappa shape index (κ1) is 27.0. The summed E-state index contributed by atoms with van der Waals surface area (Å²) in [5, 5.41) is 6.69. The maximum atomic E-state index is 13.6. The summed E-state index contributed by atoms with van der Waals surface area (Å²) in [6, 6.07) is 11.7. The van der Waals surface area contributed by atoms with Gasteiger partial charge < -0.3 is 23.8 Å². The summed E-state index contributed by atoms with van der Waals surface area (Å²) >= 11 is 1.47. The number of nitrogens with zero attached hydrogens (tertiary/aromatic N) is 4. The molecule has 2 aliphatic rings. The highest BCUT2D eigenvalue weighted by Crippen LogP contribution is 2.28. The predicted octanol–water partition coefficient (Wildman–Crippen LogP) is 3.56. The molecule has 0 spiro atoms. The Bertz CT molecular complexity index is 1360. The van der Waals surface area contributed by atoms with Gasteiger partial charge in [-0.1, -0.05) is 0 Å². The van der Waals surface area contributed by atoms with Crippen molar-refractivity contribution in [1.82, 2.24) is 9.58 Å². The molecule has 2 aliphatic heterocycles. The van der Waals surface area contributed by atoms with E-state index in [1.54, 1.807) is 47.2 Å². The third kappa shape index (κ3) is 6.92. The zero-order chi connectivity index (χ0) is 27.0. The largest absolute Gasteiger partial charge is 0.493 e. The molecule has 3 aromatic rings. The lowest BCUT2D eigenvalue weighted by Crippen LogP contribution is -2.43. The summed E-state index contributed by atoms with van der Waals surface area (Å²) in [6.45, 7) is 3.46. The van der Waals surface area contributed by atoms with Crippen molar-refractivity contribution in [3.05, 3.63) is 64.0 Å². The molecule has 2 fully saturated rings. The number of ether oxygens (including phenoxy) is 4. The van der Waals surface area contributed by atoms with Crippen LogP contribution in [0.4, 0.5) is 4.39 Å². The van der Waals surface area contributed by atoms with Gasteiger partial charge in [0.05, 0.1) is 44.9 Å². The lowest BCUT2D eigenvalue weighted by molar-refractivity contribution is -0.137. The highest BCUT2D eigenvalue weighted by Gasteiger charge is 2.18. The fourth-order valence-electron chi connectivity index (χ4n) is 4.36. The Morgan fingerprint density at radius 2 is 1.97 bits per heavy atom. The van der Waals surface area contributed by atoms with Crippen molar-refractivity contribution in [1.29, 1.82) is 0 Å². The maximum Gasteiger partial charge on any atom is 0.260 e. The number of carbonyl (C=O) groups is 1. The normalized spacial score (nSPS) is 18.2. The SMILES string of the molecule is COc1cc(/C=N/n2c(-c3ccc(F)cc3)csc2=NCC2CCCO2)ccc1OCC(=O)N1CCOCC1. The van der Waals surface area contributed by atoms with Crippen LogP contribution in [0.3, 0.4) is 0 Å². The molecule has 3 heterocycles. The maximum absolute atomic E-state index is 13.6. The van der Waals surface area contributed by atoms with Gasteiger partial charge in [-0.3, -0.25) is 9.79 Å². The fourth-order valence-corrected chi connectivity index (χ4v) is 5.21. The van der Waals surface area contributed by atoms with Crippen LogP contribution in [-0.4, -0.2) is 81.0 Å². The van der Waals surface area contributed by atoms with Gasteiger partial charge >= 0.3 is 0 Å². The van der Waals surface area contributed by atoms with Crippen LogP contribution < -0.4 is 14.3 Å². The minimum absolute atomic E-state index is 0.0782. The van der Waals surface area contributed by atoms with E-state index in [1.165, 1.54) is 23.5 Å². The molecule has 1 atom stereocenters. The quantitative estimate of drug-likeness (QED) is 0.378. The van der Waals surface area contributed by atoms with Crippen molar-refractivity contribution in [2.75, 3.05) is 53.2 Å². The number of hydrogen-bond donors (Lipinski definition) is 0. The van der Waals surface area contributed by atoms with Gasteiger partial charge in [-0.2, -0.15) is 5.10 Å². The predicted molar refractivity (Wildman–Crippen MR) is 146 cm³/mol. The lowest BCUT2D eigenvalue weighted by Gasteiger charge is -2.26. The average molecular weight is 555 g/mol. The first-order valence-corrected chi connectivity index (χ1v) is 13.8. The zero-order valence-electron chi connectivity index (χ0n) is 21.8. The van der Waals surface area contributed by atoms with E-state index in [9.17, 15) is 9.18 Å². The van der Waals surface area contributed by atoms with E-state index in [4.69, 9.17) is 29.0 Å². The van der Waals surface area contributed by atoms with Crippen molar-refractivity contribution in [2.45, 2.75) is 18.9 Å². The number of benzene rings is 2. The number of amides is 1. The smallest absolute Gasteiger partial charge is 0.260 e. The summed E-state index contributed by atoms with van der Waals surface area (Å²) in [5.74, 6) is 0.575. The molecule has 206 valence electrons. The number of methoxy groups -OCH3 is 1. The standard InChI is InChI=1S/C28H31FN4O5S/c1-35-26-15-20(4-9-25(26)38-18-27(34)32-10-13-36-14-11-32)16-31-33-24(21-5-7-22(29)8-6-21)19-39-28(33)30-17-23-3-2-12-37-23/h4-9,15-16,19,23H,2-3,10-14,17-18H2,1H3/b30-28?,31-16+. The molecular formula is C28H31FN4O5S. The first-order valence-electron chi connectivity index (χ1n) is 12.9. The van der Waals surface area contributed by atoms with Gasteiger partial charge in [0.1, 0.15) is 5.82 Å². The van der Waals surface area contributed by atoms with E-state index in [2.05, 4.69) is 0 Å². The van der Waals surface area contributed by atoms with Gasteiger partial charge in [-0.05, 0) is 60.9 Å². The summed E-state index contributed by atoms with van der Waals surface area (Å²) < 4.78 is 37.6. The molecule has 1 amide bonds. The number of thiazole rings is 1. The number of carbonyl (C=O) groups excluding carboxylic acids is 1. The van der Waals surface area contributed by atoms with E-state index < -0.39 is 0 Å². The molecule has 0 N–H and O–H groups in total. The molecule has 11 heteroatoms. The average Bonchev–Trinajstić information content (AvgIpc) is 3.64. The Labute approximate surface area is 230 Å². The number of morpholine rings is 1. The van der Waals surface area contributed by atoms with Gasteiger partial charge in [-0.25, -0.2) is 9.07 Å². The number of rotatable bonds is 9. The van der Waals surface area contributed by atoms with E-state index in [0.717, 1.165) is 41.1 Å². The Balaban J connectivity index is 1.36. The second kappa shape index (κ2) is 13.0. The molecule has 5 rings (SSSR count). The molecule has 0 bridgehead atoms. The molecule has 0 saturated carbocycles. The highest BCUT2D eigenvalue weighted by atomic mass is 32.1. The van der Waals surface area contributed by atoms with E-state index in [0.29, 0.717) is 44.3 Å². The summed E-state index contributed by atoms with van der Waals surface area (Å²) in [7, 11) is 1.55. The van der Waals surface area contributed by atoms with Crippen LogP contribution in [0.1, 0.15) is 18.4 Å². The molecule has 0 radical (unpaired) electrons. The minimum Gasteiger partial charge on any atom is -0.493 e. The van der Waals surface area contributed by atoms with E-state index in [1.807, 2.05) is 11.4 Å². The number of hydrogen-bond acceptors (Lipinski definition) is 8. The van der Waals surface area contributed by atoms with Gasteiger partial charge in [0, 0.05) is 30.6 Å². The van der Waals surface area contributed by atoms with E-state index >= 15 is 0 Å². The monoisotopic (exact) mass is 554 g/mol. The van der Waals surface area contributed by atoms with Crippen molar-refractivity contribution in [3.8, 4) is 22.8 Å². The molecular weight excluding hydrogens is 523 g/mol. The van der Waals surface area contributed by atoms with Gasteiger partial charge in [0.2, 0.25) is 4.80 Å². The second-order valence-electron chi connectivity index (χ2n) is 9.13. The second-order valence-corrected chi connectivity index (χ2v) is 9.97. The van der Waals surface area contributed by atoms with Gasteiger partial charge in [0.15, 0.2) is 18.1 Å². The summed E-state index contributed by atoms with van der Waals surface area (Å²) in [4.78, 5) is 19.7. The fraction of sp³-hybridized carbons (Fsp3) is 0.393. The molecule has 9 nitrogen and oxygen atoms in total. The van der Waals surface area contributed by atoms with Gasteiger partial charge in [0.25, 0.3) is 5.91 Å². The molecule has 39 heavy (non-hydrogen) atoms. The molecule has 2 saturated heterocycles. The van der Waals surface area contributed by atoms with Crippen LogP contribution in [0.5, 0.6) is 11.5 Å². The number of halogens is 1. The van der Waals surface area contributed by atoms with Crippen LogP contribution in [0, 0.1) is 5.82 Å². The third-order valence-corrected chi connectivity index (χ3v) is 7.36. The first-order chi connectivity index (χ1) is 19.1. The van der Waals surface area contributed by atoms with Crippen molar-refractivity contribution in [3.63, 3.8) is 0 Å². The summed E-state index contributed by atoms with van der Waals surface area (Å²) in [5.41, 5.74) is 2.40. The van der Waals surface area contributed by atoms with Crippen molar-refractivity contribution >= 4 is 23.5 Å². The van der Waals surface area contributed by atoms with Crippen molar-refractivity contribution in [2.24, 2.45) is 10.1 Å². The molecule has 1 unspecified atom stereocenters. The van der Waals surface area contributed by atoms with Gasteiger partial charge in [-0.15, -0.1) is 11.3 Å². The Hall–Kier alpha value is -3.54.